The highest BCUT2D eigenvalue weighted by atomic mass is 35.5. The lowest BCUT2D eigenvalue weighted by molar-refractivity contribution is 0.112. The summed E-state index contributed by atoms with van der Waals surface area (Å²) in [4.78, 5) is 12.6. The van der Waals surface area contributed by atoms with Gasteiger partial charge in [-0.3, -0.25) is 4.79 Å². The molecule has 0 spiro atoms. The quantitative estimate of drug-likeness (QED) is 0.470. The zero-order valence-electron chi connectivity index (χ0n) is 8.88. The molecule has 0 N–H and O–H groups in total. The number of carbonyl (C=O) groups excluding carboxylic acids is 1. The Kier molecular flexibility index (Phi) is 4.64. The molecule has 0 aliphatic heterocycles. The van der Waals surface area contributed by atoms with E-state index >= 15 is 0 Å². The Hall–Kier alpha value is -1.20. The van der Waals surface area contributed by atoms with Gasteiger partial charge in [-0.05, 0) is 12.1 Å². The first-order chi connectivity index (χ1) is 7.54. The van der Waals surface area contributed by atoms with Crippen LogP contribution < -0.4 is 0 Å². The van der Waals surface area contributed by atoms with Crippen molar-refractivity contribution in [3.8, 4) is 0 Å². The summed E-state index contributed by atoms with van der Waals surface area (Å²) in [5.74, 6) is 0. The average Bonchev–Trinajstić information content (AvgIpc) is 2.26. The SMILES string of the molecule is CN(C)/C=N/S(=O)c1cc(C=O)ccc1Cl. The number of rotatable bonds is 4. The topological polar surface area (TPSA) is 49.7 Å². The maximum absolute atomic E-state index is 11.7. The summed E-state index contributed by atoms with van der Waals surface area (Å²) in [6.07, 6.45) is 2.10. The maximum Gasteiger partial charge on any atom is 0.175 e. The minimum atomic E-state index is -1.59. The molecule has 86 valence electrons. The molecule has 16 heavy (non-hydrogen) atoms. The first-order valence-corrected chi connectivity index (χ1v) is 5.90. The molecular weight excluding hydrogens is 248 g/mol. The van der Waals surface area contributed by atoms with Gasteiger partial charge in [0.25, 0.3) is 0 Å². The number of carbonyl (C=O) groups is 1. The van der Waals surface area contributed by atoms with Crippen LogP contribution in [0.25, 0.3) is 0 Å². The van der Waals surface area contributed by atoms with Crippen molar-refractivity contribution >= 4 is 35.2 Å². The van der Waals surface area contributed by atoms with Gasteiger partial charge in [0.15, 0.2) is 11.0 Å². The largest absolute Gasteiger partial charge is 0.368 e. The molecule has 1 rings (SSSR count). The van der Waals surface area contributed by atoms with Gasteiger partial charge in [0.1, 0.15) is 12.6 Å². The molecular formula is C10H11ClN2O2S. The van der Waals surface area contributed by atoms with Crippen molar-refractivity contribution < 1.29 is 9.00 Å². The van der Waals surface area contributed by atoms with E-state index in [1.54, 1.807) is 25.1 Å². The maximum atomic E-state index is 11.7. The van der Waals surface area contributed by atoms with Gasteiger partial charge >= 0.3 is 0 Å². The summed E-state index contributed by atoms with van der Waals surface area (Å²) >= 11 is 5.87. The van der Waals surface area contributed by atoms with Crippen LogP contribution in [0.3, 0.4) is 0 Å². The van der Waals surface area contributed by atoms with Crippen molar-refractivity contribution in [2.45, 2.75) is 4.90 Å². The van der Waals surface area contributed by atoms with E-state index in [1.807, 2.05) is 0 Å². The number of hydrogen-bond donors (Lipinski definition) is 0. The van der Waals surface area contributed by atoms with E-state index in [0.29, 0.717) is 21.8 Å². The minimum absolute atomic E-state index is 0.333. The van der Waals surface area contributed by atoms with E-state index in [0.717, 1.165) is 0 Å². The second-order valence-corrected chi connectivity index (χ2v) is 4.80. The molecule has 1 atom stereocenters. The molecule has 0 bridgehead atoms. The van der Waals surface area contributed by atoms with Crippen LogP contribution in [0.4, 0.5) is 0 Å². The predicted octanol–water partition coefficient (Wildman–Crippen LogP) is 1.77. The van der Waals surface area contributed by atoms with E-state index in [4.69, 9.17) is 11.6 Å². The molecule has 4 nitrogen and oxygen atoms in total. The lowest BCUT2D eigenvalue weighted by atomic mass is 10.2. The zero-order valence-corrected chi connectivity index (χ0v) is 10.5. The van der Waals surface area contributed by atoms with E-state index in [-0.39, 0.29) is 0 Å². The molecule has 0 radical (unpaired) electrons. The monoisotopic (exact) mass is 258 g/mol. The molecule has 0 aliphatic carbocycles. The van der Waals surface area contributed by atoms with Crippen molar-refractivity contribution in [2.24, 2.45) is 4.40 Å². The summed E-state index contributed by atoms with van der Waals surface area (Å²) in [6, 6.07) is 4.56. The Bertz CT molecular complexity index is 446. The number of benzene rings is 1. The van der Waals surface area contributed by atoms with Crippen LogP contribution in [0.15, 0.2) is 27.5 Å². The summed E-state index contributed by atoms with van der Waals surface area (Å²) in [6.45, 7) is 0. The van der Waals surface area contributed by atoms with Gasteiger partial charge < -0.3 is 4.90 Å². The van der Waals surface area contributed by atoms with E-state index in [2.05, 4.69) is 4.40 Å². The van der Waals surface area contributed by atoms with Crippen LogP contribution in [-0.4, -0.2) is 35.8 Å². The molecule has 0 saturated carbocycles. The molecule has 1 unspecified atom stereocenters. The smallest absolute Gasteiger partial charge is 0.175 e. The van der Waals surface area contributed by atoms with Crippen molar-refractivity contribution in [1.29, 1.82) is 0 Å². The first kappa shape index (κ1) is 12.9. The number of halogens is 1. The summed E-state index contributed by atoms with van der Waals surface area (Å²) in [7, 11) is 1.95. The summed E-state index contributed by atoms with van der Waals surface area (Å²) < 4.78 is 15.5. The lowest BCUT2D eigenvalue weighted by Crippen LogP contribution is -2.08. The van der Waals surface area contributed by atoms with Gasteiger partial charge in [0, 0.05) is 19.7 Å². The van der Waals surface area contributed by atoms with Gasteiger partial charge in [-0.2, -0.15) is 4.40 Å². The van der Waals surface area contributed by atoms with Crippen LogP contribution >= 0.6 is 11.6 Å². The Labute approximate surface area is 102 Å². The van der Waals surface area contributed by atoms with Crippen LogP contribution in [0.2, 0.25) is 5.02 Å². The van der Waals surface area contributed by atoms with E-state index in [9.17, 15) is 9.00 Å². The van der Waals surface area contributed by atoms with Crippen molar-refractivity contribution in [3.05, 3.63) is 28.8 Å². The third-order valence-electron chi connectivity index (χ3n) is 1.65. The average molecular weight is 259 g/mol. The fourth-order valence-electron chi connectivity index (χ4n) is 0.921. The van der Waals surface area contributed by atoms with Crippen molar-refractivity contribution in [3.63, 3.8) is 0 Å². The molecule has 0 aromatic heterocycles. The van der Waals surface area contributed by atoms with Gasteiger partial charge in [0.05, 0.1) is 9.92 Å². The third kappa shape index (κ3) is 3.43. The second-order valence-electron chi connectivity index (χ2n) is 3.24. The van der Waals surface area contributed by atoms with Crippen molar-refractivity contribution in [1.82, 2.24) is 4.90 Å². The van der Waals surface area contributed by atoms with Crippen molar-refractivity contribution in [2.75, 3.05) is 14.1 Å². The Morgan fingerprint density at radius 2 is 2.12 bits per heavy atom. The van der Waals surface area contributed by atoms with Gasteiger partial charge in [-0.15, -0.1) is 0 Å². The van der Waals surface area contributed by atoms with E-state index < -0.39 is 11.0 Å². The Morgan fingerprint density at radius 1 is 1.44 bits per heavy atom. The molecule has 6 heteroatoms. The highest BCUT2D eigenvalue weighted by Crippen LogP contribution is 2.21. The standard InChI is InChI=1S/C10H11ClN2O2S/c1-13(2)7-12-16(15)10-5-8(6-14)3-4-9(10)11/h3-7H,1-2H3/b12-7+. The van der Waals surface area contributed by atoms with Crippen LogP contribution in [0.1, 0.15) is 10.4 Å². The van der Waals surface area contributed by atoms with Gasteiger partial charge in [-0.25, -0.2) is 4.21 Å². The number of hydrogen-bond acceptors (Lipinski definition) is 2. The second kappa shape index (κ2) is 5.77. The Balaban J connectivity index is 3.02. The highest BCUT2D eigenvalue weighted by molar-refractivity contribution is 7.84. The predicted molar refractivity (Wildman–Crippen MR) is 65.4 cm³/mol. The number of aldehydes is 1. The Morgan fingerprint density at radius 3 is 2.69 bits per heavy atom. The van der Waals surface area contributed by atoms with Gasteiger partial charge in [0.2, 0.25) is 0 Å². The lowest BCUT2D eigenvalue weighted by Gasteiger charge is -2.03. The third-order valence-corrected chi connectivity index (χ3v) is 3.09. The zero-order chi connectivity index (χ0) is 12.1. The van der Waals surface area contributed by atoms with Gasteiger partial charge in [-0.1, -0.05) is 17.7 Å². The fourth-order valence-corrected chi connectivity index (χ4v) is 2.10. The van der Waals surface area contributed by atoms with Crippen LogP contribution in [-0.2, 0) is 11.0 Å². The molecule has 0 amide bonds. The molecule has 0 saturated heterocycles. The molecule has 0 fully saturated rings. The summed E-state index contributed by atoms with van der Waals surface area (Å²) in [5, 5.41) is 0.333. The molecule has 0 aliphatic rings. The first-order valence-electron chi connectivity index (χ1n) is 4.42. The molecule has 1 aromatic rings. The van der Waals surface area contributed by atoms with Crippen LogP contribution in [0, 0.1) is 0 Å². The highest BCUT2D eigenvalue weighted by Gasteiger charge is 2.08. The number of nitrogens with zero attached hydrogens (tertiary/aromatic N) is 2. The fraction of sp³-hybridized carbons (Fsp3) is 0.200. The molecule has 1 aromatic carbocycles. The minimum Gasteiger partial charge on any atom is -0.368 e. The molecule has 0 heterocycles. The summed E-state index contributed by atoms with van der Waals surface area (Å²) in [5.41, 5.74) is 0.424. The van der Waals surface area contributed by atoms with Crippen LogP contribution in [0.5, 0.6) is 0 Å². The van der Waals surface area contributed by atoms with E-state index in [1.165, 1.54) is 18.5 Å². The normalized spacial score (nSPS) is 12.7.